The van der Waals surface area contributed by atoms with E-state index in [1.807, 2.05) is 6.92 Å². The van der Waals surface area contributed by atoms with Crippen molar-refractivity contribution in [1.29, 1.82) is 0 Å². The molecule has 0 spiro atoms. The standard InChI is InChI=1S/C3H5N3S.K/c1-2-4-3(7)6-5-2;/h1H3,(H2,4,5,6,7);. The average molecular weight is 154 g/mol. The molecular weight excluding hydrogens is 149 g/mol. The Morgan fingerprint density at radius 2 is 2.12 bits per heavy atom. The van der Waals surface area contributed by atoms with Gasteiger partial charge in [0.1, 0.15) is 5.82 Å². The summed E-state index contributed by atoms with van der Waals surface area (Å²) in [5.74, 6) is 0.824. The van der Waals surface area contributed by atoms with Gasteiger partial charge in [-0.15, -0.1) is 0 Å². The monoisotopic (exact) mass is 154 g/mol. The summed E-state index contributed by atoms with van der Waals surface area (Å²) in [5.41, 5.74) is 0. The summed E-state index contributed by atoms with van der Waals surface area (Å²) in [6, 6.07) is 0. The molecule has 0 amide bonds. The van der Waals surface area contributed by atoms with Crippen molar-refractivity contribution in [2.24, 2.45) is 0 Å². The summed E-state index contributed by atoms with van der Waals surface area (Å²) >= 11 is 4.63. The van der Waals surface area contributed by atoms with E-state index in [0.717, 1.165) is 5.82 Å². The fourth-order valence-corrected chi connectivity index (χ4v) is 0.540. The predicted molar refractivity (Wildman–Crippen MR) is 34.3 cm³/mol. The Morgan fingerprint density at radius 3 is 2.25 bits per heavy atom. The third-order valence-electron chi connectivity index (χ3n) is 0.620. The van der Waals surface area contributed by atoms with Crippen LogP contribution in [0.5, 0.6) is 0 Å². The third kappa shape index (κ3) is 2.52. The summed E-state index contributed by atoms with van der Waals surface area (Å²) < 4.78 is 0.512. The van der Waals surface area contributed by atoms with E-state index in [2.05, 4.69) is 27.4 Å². The van der Waals surface area contributed by atoms with Gasteiger partial charge in [-0.2, -0.15) is 0 Å². The molecule has 5 heteroatoms. The van der Waals surface area contributed by atoms with E-state index in [1.54, 1.807) is 0 Å². The SMILES string of the molecule is Cc1nc(=S)[nH][nH]1.[K]. The Balaban J connectivity index is 0.000000490. The minimum Gasteiger partial charge on any atom is -0.286 e. The molecule has 3 nitrogen and oxygen atoms in total. The van der Waals surface area contributed by atoms with Crippen molar-refractivity contribution in [2.75, 3.05) is 0 Å². The molecule has 0 aliphatic carbocycles. The average Bonchev–Trinajstić information content (AvgIpc) is 1.87. The number of aromatic amines is 2. The molecule has 0 aliphatic heterocycles. The second kappa shape index (κ2) is 3.92. The quantitative estimate of drug-likeness (QED) is 0.419. The minimum absolute atomic E-state index is 0. The topological polar surface area (TPSA) is 44.5 Å². The molecule has 0 aliphatic rings. The number of hydrogen-bond donors (Lipinski definition) is 2. The van der Waals surface area contributed by atoms with E-state index < -0.39 is 0 Å². The third-order valence-corrected chi connectivity index (χ3v) is 0.813. The van der Waals surface area contributed by atoms with Crippen LogP contribution < -0.4 is 0 Å². The molecule has 2 N–H and O–H groups in total. The number of aromatic nitrogens is 3. The van der Waals surface area contributed by atoms with Gasteiger partial charge in [0.15, 0.2) is 0 Å². The maximum Gasteiger partial charge on any atom is 0.213 e. The molecule has 0 saturated heterocycles. The number of hydrogen-bond acceptors (Lipinski definition) is 2. The zero-order valence-electron chi connectivity index (χ0n) is 4.86. The van der Waals surface area contributed by atoms with Crippen LogP contribution in [0.3, 0.4) is 0 Å². The first-order chi connectivity index (χ1) is 3.29. The van der Waals surface area contributed by atoms with E-state index in [4.69, 9.17) is 0 Å². The largest absolute Gasteiger partial charge is 0.286 e. The van der Waals surface area contributed by atoms with E-state index >= 15 is 0 Å². The van der Waals surface area contributed by atoms with Crippen molar-refractivity contribution in [1.82, 2.24) is 15.2 Å². The van der Waals surface area contributed by atoms with Gasteiger partial charge in [0.25, 0.3) is 0 Å². The van der Waals surface area contributed by atoms with Crippen molar-refractivity contribution in [2.45, 2.75) is 6.92 Å². The van der Waals surface area contributed by atoms with Crippen LogP contribution >= 0.6 is 12.2 Å². The molecule has 1 heterocycles. The van der Waals surface area contributed by atoms with Crippen LogP contribution in [0, 0.1) is 11.7 Å². The summed E-state index contributed by atoms with van der Waals surface area (Å²) in [5, 5.41) is 5.38. The fraction of sp³-hybridized carbons (Fsp3) is 0.333. The van der Waals surface area contributed by atoms with Gasteiger partial charge < -0.3 is 0 Å². The molecule has 1 aromatic rings. The van der Waals surface area contributed by atoms with E-state index in [0.29, 0.717) is 4.77 Å². The van der Waals surface area contributed by atoms with E-state index in [-0.39, 0.29) is 51.4 Å². The Kier molecular flexibility index (Phi) is 4.40. The molecule has 1 aromatic heterocycles. The number of H-pyrrole nitrogens is 2. The van der Waals surface area contributed by atoms with Crippen LogP contribution in [-0.4, -0.2) is 66.6 Å². The number of nitrogens with zero attached hydrogens (tertiary/aromatic N) is 1. The van der Waals surface area contributed by atoms with Gasteiger partial charge in [-0.25, -0.2) is 4.98 Å². The van der Waals surface area contributed by atoms with Crippen LogP contribution in [0.2, 0.25) is 0 Å². The summed E-state index contributed by atoms with van der Waals surface area (Å²) in [4.78, 5) is 3.81. The minimum atomic E-state index is 0. The number of aryl methyl sites for hydroxylation is 1. The second-order valence-corrected chi connectivity index (χ2v) is 1.64. The molecule has 8 heavy (non-hydrogen) atoms. The van der Waals surface area contributed by atoms with Crippen molar-refractivity contribution in [3.63, 3.8) is 0 Å². The molecule has 0 fully saturated rings. The molecule has 0 aromatic carbocycles. The second-order valence-electron chi connectivity index (χ2n) is 1.25. The Labute approximate surface area is 94.7 Å². The Hall–Kier alpha value is 0.996. The van der Waals surface area contributed by atoms with Crippen LogP contribution in [0.15, 0.2) is 0 Å². The maximum atomic E-state index is 4.63. The maximum absolute atomic E-state index is 4.63. The number of nitrogens with one attached hydrogen (secondary N) is 2. The molecule has 39 valence electrons. The van der Waals surface area contributed by atoms with Crippen LogP contribution in [-0.2, 0) is 0 Å². The first-order valence-electron chi connectivity index (χ1n) is 1.90. The molecule has 1 radical (unpaired) electrons. The smallest absolute Gasteiger partial charge is 0.213 e. The van der Waals surface area contributed by atoms with Crippen LogP contribution in [0.1, 0.15) is 5.82 Å². The van der Waals surface area contributed by atoms with Gasteiger partial charge in [-0.3, -0.25) is 10.2 Å². The van der Waals surface area contributed by atoms with E-state index in [1.165, 1.54) is 0 Å². The number of rotatable bonds is 0. The van der Waals surface area contributed by atoms with Crippen molar-refractivity contribution < 1.29 is 0 Å². The normalized spacial score (nSPS) is 8.12. The fourth-order valence-electron chi connectivity index (χ4n) is 0.352. The zero-order chi connectivity index (χ0) is 5.28. The molecule has 0 unspecified atom stereocenters. The Morgan fingerprint density at radius 1 is 1.50 bits per heavy atom. The molecule has 0 atom stereocenters. The van der Waals surface area contributed by atoms with Gasteiger partial charge >= 0.3 is 0 Å². The van der Waals surface area contributed by atoms with Gasteiger partial charge in [0, 0.05) is 51.4 Å². The Bertz CT molecular complexity index is 202. The molecular formula is C3H5KN3S. The van der Waals surface area contributed by atoms with Crippen molar-refractivity contribution in [3.8, 4) is 0 Å². The zero-order valence-corrected chi connectivity index (χ0v) is 8.80. The van der Waals surface area contributed by atoms with Crippen molar-refractivity contribution >= 4 is 63.6 Å². The molecule has 0 bridgehead atoms. The summed E-state index contributed by atoms with van der Waals surface area (Å²) in [6.07, 6.45) is 0. The van der Waals surface area contributed by atoms with Gasteiger partial charge in [0.2, 0.25) is 4.77 Å². The van der Waals surface area contributed by atoms with E-state index in [9.17, 15) is 0 Å². The van der Waals surface area contributed by atoms with Crippen molar-refractivity contribution in [3.05, 3.63) is 10.6 Å². The van der Waals surface area contributed by atoms with Crippen LogP contribution in [0.25, 0.3) is 0 Å². The van der Waals surface area contributed by atoms with Gasteiger partial charge in [-0.1, -0.05) is 0 Å². The summed E-state index contributed by atoms with van der Waals surface area (Å²) in [6.45, 7) is 1.84. The molecule has 0 saturated carbocycles. The van der Waals surface area contributed by atoms with Gasteiger partial charge in [0.05, 0.1) is 0 Å². The summed E-state index contributed by atoms with van der Waals surface area (Å²) in [7, 11) is 0. The predicted octanol–water partition coefficient (Wildman–Crippen LogP) is 0.395. The van der Waals surface area contributed by atoms with Gasteiger partial charge in [-0.05, 0) is 19.1 Å². The first-order valence-corrected chi connectivity index (χ1v) is 2.31. The first kappa shape index (κ1) is 9.00. The molecule has 1 rings (SSSR count). The van der Waals surface area contributed by atoms with Crippen LogP contribution in [0.4, 0.5) is 0 Å².